The number of para-hydroxylation sites is 2. The minimum Gasteiger partial charge on any atom is -0.236 e. The summed E-state index contributed by atoms with van der Waals surface area (Å²) >= 11 is 3.49. The third kappa shape index (κ3) is 5.68. The van der Waals surface area contributed by atoms with Gasteiger partial charge in [-0.2, -0.15) is 0 Å². The first kappa shape index (κ1) is 34.8. The molecule has 0 amide bonds. The van der Waals surface area contributed by atoms with Crippen molar-refractivity contribution in [3.05, 3.63) is 206 Å². The number of hydrogen-bond donors (Lipinski definition) is 0. The van der Waals surface area contributed by atoms with Gasteiger partial charge in [0, 0.05) is 11.1 Å². The molecule has 280 valence electrons. The van der Waals surface area contributed by atoms with E-state index < -0.39 is 0 Å². The van der Waals surface area contributed by atoms with Gasteiger partial charge < -0.3 is 0 Å². The topological polar surface area (TPSA) is 25.8 Å². The zero-order valence-electron chi connectivity index (χ0n) is 32.3. The predicted molar refractivity (Wildman–Crippen MR) is 258 cm³/mol. The van der Waals surface area contributed by atoms with Crippen molar-refractivity contribution in [3.63, 3.8) is 0 Å². The van der Waals surface area contributed by atoms with Crippen molar-refractivity contribution in [1.29, 1.82) is 0 Å². The summed E-state index contributed by atoms with van der Waals surface area (Å²) in [5.74, 6) is 0. The molecule has 0 spiro atoms. The summed E-state index contributed by atoms with van der Waals surface area (Å²) in [5.41, 5.74) is 14.0. The Morgan fingerprint density at radius 2 is 0.533 bits per heavy atom. The molecule has 0 atom stereocenters. The molecule has 10 aromatic carbocycles. The van der Waals surface area contributed by atoms with Crippen LogP contribution in [0.5, 0.6) is 0 Å². The van der Waals surface area contributed by atoms with Crippen LogP contribution in [0.2, 0.25) is 0 Å². The Bertz CT molecular complexity index is 3260. The lowest BCUT2D eigenvalue weighted by molar-refractivity contribution is 1.48. The number of rotatable bonds is 6. The second kappa shape index (κ2) is 14.2. The van der Waals surface area contributed by atoms with E-state index in [1.165, 1.54) is 86.2 Å². The average molecular weight is 799 g/mol. The second-order valence-corrected chi connectivity index (χ2v) is 17.3. The van der Waals surface area contributed by atoms with Crippen LogP contribution in [0.15, 0.2) is 206 Å². The molecule has 0 bridgehead atoms. The lowest BCUT2D eigenvalue weighted by atomic mass is 9.77. The van der Waals surface area contributed by atoms with Crippen molar-refractivity contribution in [1.82, 2.24) is 9.97 Å². The minimum absolute atomic E-state index is 1.03. The first-order valence-electron chi connectivity index (χ1n) is 20.2. The molecule has 0 aliphatic heterocycles. The summed E-state index contributed by atoms with van der Waals surface area (Å²) in [4.78, 5) is 10.0. The fraction of sp³-hybridized carbons (Fsp3) is 0. The van der Waals surface area contributed by atoms with Crippen molar-refractivity contribution in [3.8, 4) is 65.6 Å². The Morgan fingerprint density at radius 1 is 0.250 bits per heavy atom. The summed E-state index contributed by atoms with van der Waals surface area (Å²) in [5, 5.41) is 9.45. The number of fused-ring (bicyclic) bond motifs is 5. The molecular formula is C56H34N2S2. The van der Waals surface area contributed by atoms with Gasteiger partial charge in [0.2, 0.25) is 0 Å². The minimum atomic E-state index is 1.03. The highest BCUT2D eigenvalue weighted by molar-refractivity contribution is 7.22. The number of thiazole rings is 2. The molecule has 0 N–H and O–H groups in total. The molecule has 2 aromatic heterocycles. The smallest absolute Gasteiger partial charge is 0.124 e. The van der Waals surface area contributed by atoms with E-state index in [9.17, 15) is 0 Å². The summed E-state index contributed by atoms with van der Waals surface area (Å²) in [6, 6.07) is 75.0. The van der Waals surface area contributed by atoms with Gasteiger partial charge in [-0.25, -0.2) is 9.97 Å². The molecule has 0 saturated carbocycles. The first-order valence-corrected chi connectivity index (χ1v) is 21.9. The molecule has 2 heterocycles. The van der Waals surface area contributed by atoms with Gasteiger partial charge in [0.05, 0.1) is 20.4 Å². The van der Waals surface area contributed by atoms with Crippen molar-refractivity contribution in [2.75, 3.05) is 0 Å². The van der Waals surface area contributed by atoms with Crippen molar-refractivity contribution < 1.29 is 0 Å². The lowest BCUT2D eigenvalue weighted by Gasteiger charge is -2.25. The van der Waals surface area contributed by atoms with Crippen LogP contribution in [0.3, 0.4) is 0 Å². The van der Waals surface area contributed by atoms with Gasteiger partial charge in [0.25, 0.3) is 0 Å². The maximum absolute atomic E-state index is 5.02. The lowest BCUT2D eigenvalue weighted by Crippen LogP contribution is -1.97. The molecule has 12 rings (SSSR count). The summed E-state index contributed by atoms with van der Waals surface area (Å²) < 4.78 is 2.40. The van der Waals surface area contributed by atoms with E-state index in [0.29, 0.717) is 0 Å². The molecule has 0 aliphatic rings. The normalized spacial score (nSPS) is 11.7. The van der Waals surface area contributed by atoms with Gasteiger partial charge in [0.1, 0.15) is 10.0 Å². The molecular weight excluding hydrogens is 765 g/mol. The van der Waals surface area contributed by atoms with Crippen LogP contribution in [-0.4, -0.2) is 9.97 Å². The molecule has 0 aliphatic carbocycles. The van der Waals surface area contributed by atoms with E-state index in [1.54, 1.807) is 22.7 Å². The van der Waals surface area contributed by atoms with Gasteiger partial charge in [-0.05, 0) is 101 Å². The molecule has 2 nitrogen and oxygen atoms in total. The van der Waals surface area contributed by atoms with Crippen LogP contribution in [0.4, 0.5) is 0 Å². The monoisotopic (exact) mass is 798 g/mol. The SMILES string of the molecule is c1ccc(-c2c3ccccc3c(-c3ccccc3)c3c(-c4ccc(-c5nc6ccccc6s5)cc4)c4ccccc4c(-c4ccc(-c5nc6ccccc6s5)cc4)c23)cc1. The van der Waals surface area contributed by atoms with E-state index in [1.807, 2.05) is 0 Å². The van der Waals surface area contributed by atoms with Crippen molar-refractivity contribution in [2.24, 2.45) is 0 Å². The van der Waals surface area contributed by atoms with E-state index in [-0.39, 0.29) is 0 Å². The molecule has 0 saturated heterocycles. The number of aromatic nitrogens is 2. The van der Waals surface area contributed by atoms with Gasteiger partial charge >= 0.3 is 0 Å². The van der Waals surface area contributed by atoms with E-state index in [2.05, 4.69) is 206 Å². The largest absolute Gasteiger partial charge is 0.236 e. The predicted octanol–water partition coefficient (Wildman–Crippen LogP) is 16.4. The van der Waals surface area contributed by atoms with Gasteiger partial charge in [-0.1, -0.05) is 182 Å². The highest BCUT2D eigenvalue weighted by Crippen LogP contribution is 2.54. The van der Waals surface area contributed by atoms with Crippen LogP contribution < -0.4 is 0 Å². The Balaban J connectivity index is 1.21. The Morgan fingerprint density at radius 3 is 0.883 bits per heavy atom. The van der Waals surface area contributed by atoms with Gasteiger partial charge in [-0.15, -0.1) is 22.7 Å². The summed E-state index contributed by atoms with van der Waals surface area (Å²) in [7, 11) is 0. The molecule has 4 heteroatoms. The number of nitrogens with zero attached hydrogens (tertiary/aromatic N) is 2. The standard InChI is InChI=1S/C56H34N2S2/c1-3-15-35(16-4-1)49-41-19-7-8-20-42(41)50(36-17-5-2-6-18-36)54-52(38-29-33-40(34-30-38)56-58-46-24-12-14-26-48(46)60-56)44-22-10-9-21-43(44)51(53(49)54)37-27-31-39(32-28-37)55-57-45-23-11-13-25-47(45)59-55/h1-34H. The highest BCUT2D eigenvalue weighted by atomic mass is 32.1. The first-order chi connectivity index (χ1) is 29.8. The molecule has 60 heavy (non-hydrogen) atoms. The maximum atomic E-state index is 5.02. The third-order valence-corrected chi connectivity index (χ3v) is 13.9. The number of benzene rings is 10. The van der Waals surface area contributed by atoms with Crippen LogP contribution in [0.1, 0.15) is 0 Å². The second-order valence-electron chi connectivity index (χ2n) is 15.2. The Hall–Kier alpha value is -7.24. The zero-order valence-corrected chi connectivity index (χ0v) is 34.0. The van der Waals surface area contributed by atoms with E-state index in [0.717, 1.165) is 32.2 Å². The Labute approximate surface area is 355 Å². The quantitative estimate of drug-likeness (QED) is 0.157. The van der Waals surface area contributed by atoms with Gasteiger partial charge in [-0.3, -0.25) is 0 Å². The fourth-order valence-corrected chi connectivity index (χ4v) is 11.0. The van der Waals surface area contributed by atoms with Crippen LogP contribution in [-0.2, 0) is 0 Å². The van der Waals surface area contributed by atoms with E-state index in [4.69, 9.17) is 9.97 Å². The van der Waals surface area contributed by atoms with Crippen LogP contribution in [0, 0.1) is 0 Å². The number of hydrogen-bond acceptors (Lipinski definition) is 4. The fourth-order valence-electron chi connectivity index (χ4n) is 9.09. The molecule has 0 unspecified atom stereocenters. The van der Waals surface area contributed by atoms with Crippen LogP contribution >= 0.6 is 22.7 Å². The average Bonchev–Trinajstić information content (AvgIpc) is 3.96. The zero-order chi connectivity index (χ0) is 39.6. The Kier molecular flexibility index (Phi) is 8.25. The summed E-state index contributed by atoms with van der Waals surface area (Å²) in [6.45, 7) is 0. The highest BCUT2D eigenvalue weighted by Gasteiger charge is 2.26. The van der Waals surface area contributed by atoms with Crippen molar-refractivity contribution in [2.45, 2.75) is 0 Å². The molecule has 12 aromatic rings. The van der Waals surface area contributed by atoms with Crippen molar-refractivity contribution >= 4 is 75.4 Å². The maximum Gasteiger partial charge on any atom is 0.124 e. The molecule has 0 fully saturated rings. The van der Waals surface area contributed by atoms with Gasteiger partial charge in [0.15, 0.2) is 0 Å². The third-order valence-electron chi connectivity index (χ3n) is 11.7. The van der Waals surface area contributed by atoms with Crippen LogP contribution in [0.25, 0.3) is 118 Å². The summed E-state index contributed by atoms with van der Waals surface area (Å²) in [6.07, 6.45) is 0. The molecule has 0 radical (unpaired) electrons. The van der Waals surface area contributed by atoms with E-state index >= 15 is 0 Å².